The Balaban J connectivity index is 1.78. The fourth-order valence-electron chi connectivity index (χ4n) is 2.38. The standard InChI is InChI=1S/C19H16N4O3/c20-17(24)12-23-18(25)11-10-16(22-23)13-6-8-15(9-7-13)21-19(26)14-4-2-1-3-5-14/h1-11H,12H2,(H2,20,24)(H,21,26). The van der Waals surface area contributed by atoms with Gasteiger partial charge in [0.25, 0.3) is 11.5 Å². The van der Waals surface area contributed by atoms with E-state index < -0.39 is 11.5 Å². The quantitative estimate of drug-likeness (QED) is 0.731. The number of carbonyl (C=O) groups excluding carboxylic acids is 2. The van der Waals surface area contributed by atoms with Gasteiger partial charge in [-0.3, -0.25) is 14.4 Å². The highest BCUT2D eigenvalue weighted by Gasteiger charge is 2.08. The van der Waals surface area contributed by atoms with Crippen LogP contribution in [-0.2, 0) is 11.3 Å². The normalized spacial score (nSPS) is 10.3. The molecule has 0 unspecified atom stereocenters. The molecule has 0 fully saturated rings. The van der Waals surface area contributed by atoms with E-state index >= 15 is 0 Å². The number of amides is 2. The molecule has 0 radical (unpaired) electrons. The van der Waals surface area contributed by atoms with Crippen LogP contribution in [0.1, 0.15) is 10.4 Å². The lowest BCUT2D eigenvalue weighted by atomic mass is 10.1. The van der Waals surface area contributed by atoms with Gasteiger partial charge >= 0.3 is 0 Å². The number of hydrogen-bond donors (Lipinski definition) is 2. The van der Waals surface area contributed by atoms with Crippen molar-refractivity contribution in [3.8, 4) is 11.3 Å². The molecule has 1 aromatic heterocycles. The van der Waals surface area contributed by atoms with Crippen LogP contribution >= 0.6 is 0 Å². The van der Waals surface area contributed by atoms with Crippen LogP contribution in [0.4, 0.5) is 5.69 Å². The maximum absolute atomic E-state index is 12.1. The Morgan fingerprint density at radius 2 is 1.65 bits per heavy atom. The largest absolute Gasteiger partial charge is 0.368 e. The van der Waals surface area contributed by atoms with E-state index in [2.05, 4.69) is 10.4 Å². The first-order valence-electron chi connectivity index (χ1n) is 7.86. The SMILES string of the molecule is NC(=O)Cn1nc(-c2ccc(NC(=O)c3ccccc3)cc2)ccc1=O. The van der Waals surface area contributed by atoms with Crippen LogP contribution in [0.25, 0.3) is 11.3 Å². The average Bonchev–Trinajstić information content (AvgIpc) is 2.64. The molecule has 0 aliphatic rings. The topological polar surface area (TPSA) is 107 Å². The molecule has 0 spiro atoms. The minimum atomic E-state index is -0.643. The molecular formula is C19H16N4O3. The lowest BCUT2D eigenvalue weighted by molar-refractivity contribution is -0.118. The Morgan fingerprint density at radius 3 is 2.31 bits per heavy atom. The van der Waals surface area contributed by atoms with E-state index in [1.165, 1.54) is 6.07 Å². The van der Waals surface area contributed by atoms with Gasteiger partial charge in [0, 0.05) is 22.9 Å². The Kier molecular flexibility index (Phi) is 4.89. The second-order valence-corrected chi connectivity index (χ2v) is 5.58. The fourth-order valence-corrected chi connectivity index (χ4v) is 2.38. The summed E-state index contributed by atoms with van der Waals surface area (Å²) in [5.41, 5.74) is 7.17. The minimum absolute atomic E-state index is 0.202. The summed E-state index contributed by atoms with van der Waals surface area (Å²) in [6.45, 7) is -0.280. The van der Waals surface area contributed by atoms with E-state index in [1.54, 1.807) is 54.6 Å². The molecule has 1 heterocycles. The first kappa shape index (κ1) is 17.1. The van der Waals surface area contributed by atoms with Crippen LogP contribution in [-0.4, -0.2) is 21.6 Å². The predicted octanol–water partition coefficient (Wildman–Crippen LogP) is 1.65. The van der Waals surface area contributed by atoms with Crippen LogP contribution in [0.3, 0.4) is 0 Å². The molecule has 0 atom stereocenters. The van der Waals surface area contributed by atoms with Crippen LogP contribution in [0.15, 0.2) is 71.5 Å². The van der Waals surface area contributed by atoms with E-state index in [1.807, 2.05) is 6.07 Å². The summed E-state index contributed by atoms with van der Waals surface area (Å²) in [4.78, 5) is 34.9. The van der Waals surface area contributed by atoms with Gasteiger partial charge in [0.1, 0.15) is 6.54 Å². The van der Waals surface area contributed by atoms with Crippen LogP contribution in [0.2, 0.25) is 0 Å². The molecule has 130 valence electrons. The lowest BCUT2D eigenvalue weighted by Crippen LogP contribution is -2.29. The van der Waals surface area contributed by atoms with Crippen molar-refractivity contribution in [3.05, 3.63) is 82.6 Å². The van der Waals surface area contributed by atoms with E-state index in [9.17, 15) is 14.4 Å². The average molecular weight is 348 g/mol. The van der Waals surface area contributed by atoms with Crippen molar-refractivity contribution in [1.29, 1.82) is 0 Å². The van der Waals surface area contributed by atoms with Gasteiger partial charge in [-0.2, -0.15) is 5.10 Å². The number of primary amides is 1. The van der Waals surface area contributed by atoms with Crippen molar-refractivity contribution < 1.29 is 9.59 Å². The molecule has 0 saturated carbocycles. The molecule has 0 bridgehead atoms. The van der Waals surface area contributed by atoms with Gasteiger partial charge < -0.3 is 11.1 Å². The summed E-state index contributed by atoms with van der Waals surface area (Å²) >= 11 is 0. The second kappa shape index (κ2) is 7.43. The highest BCUT2D eigenvalue weighted by atomic mass is 16.2. The summed E-state index contributed by atoms with van der Waals surface area (Å²) in [5, 5.41) is 6.94. The zero-order valence-electron chi connectivity index (χ0n) is 13.8. The van der Waals surface area contributed by atoms with Crippen LogP contribution < -0.4 is 16.6 Å². The van der Waals surface area contributed by atoms with Crippen molar-refractivity contribution in [2.45, 2.75) is 6.54 Å². The van der Waals surface area contributed by atoms with Crippen molar-refractivity contribution in [3.63, 3.8) is 0 Å². The Labute approximate surface area is 149 Å². The van der Waals surface area contributed by atoms with Crippen molar-refractivity contribution in [2.75, 3.05) is 5.32 Å². The number of benzene rings is 2. The second-order valence-electron chi connectivity index (χ2n) is 5.58. The lowest BCUT2D eigenvalue weighted by Gasteiger charge is -2.08. The molecule has 2 aromatic carbocycles. The monoisotopic (exact) mass is 348 g/mol. The summed E-state index contributed by atoms with van der Waals surface area (Å²) in [6, 6.07) is 18.8. The van der Waals surface area contributed by atoms with E-state index in [-0.39, 0.29) is 12.5 Å². The minimum Gasteiger partial charge on any atom is -0.368 e. The number of nitrogens with zero attached hydrogens (tertiary/aromatic N) is 2. The summed E-state index contributed by atoms with van der Waals surface area (Å²) in [7, 11) is 0. The van der Waals surface area contributed by atoms with Gasteiger partial charge in [-0.15, -0.1) is 0 Å². The molecule has 0 saturated heterocycles. The number of aromatic nitrogens is 2. The van der Waals surface area contributed by atoms with Crippen molar-refractivity contribution in [1.82, 2.24) is 9.78 Å². The first-order valence-corrected chi connectivity index (χ1v) is 7.86. The Morgan fingerprint density at radius 1 is 0.962 bits per heavy atom. The van der Waals surface area contributed by atoms with Gasteiger partial charge in [0.15, 0.2) is 0 Å². The molecule has 2 amide bonds. The van der Waals surface area contributed by atoms with Crippen molar-refractivity contribution >= 4 is 17.5 Å². The molecule has 0 aliphatic heterocycles. The predicted molar refractivity (Wildman–Crippen MR) is 97.5 cm³/mol. The zero-order valence-corrected chi connectivity index (χ0v) is 13.8. The molecule has 3 aromatic rings. The first-order chi connectivity index (χ1) is 12.5. The molecule has 7 nitrogen and oxygen atoms in total. The summed E-state index contributed by atoms with van der Waals surface area (Å²) in [6.07, 6.45) is 0. The number of anilines is 1. The Hall–Kier alpha value is -3.74. The summed E-state index contributed by atoms with van der Waals surface area (Å²) < 4.78 is 1.02. The van der Waals surface area contributed by atoms with E-state index in [0.717, 1.165) is 10.2 Å². The highest BCUT2D eigenvalue weighted by Crippen LogP contribution is 2.19. The fraction of sp³-hybridized carbons (Fsp3) is 0.0526. The van der Waals surface area contributed by atoms with Gasteiger partial charge in [-0.05, 0) is 30.3 Å². The van der Waals surface area contributed by atoms with Gasteiger partial charge in [-0.25, -0.2) is 4.68 Å². The van der Waals surface area contributed by atoms with E-state index in [0.29, 0.717) is 16.9 Å². The third-order valence-electron chi connectivity index (χ3n) is 3.65. The number of nitrogens with one attached hydrogen (secondary N) is 1. The number of carbonyl (C=O) groups is 2. The maximum atomic E-state index is 12.1. The third kappa shape index (κ3) is 4.02. The molecule has 26 heavy (non-hydrogen) atoms. The molecule has 0 aliphatic carbocycles. The number of hydrogen-bond acceptors (Lipinski definition) is 4. The zero-order chi connectivity index (χ0) is 18.5. The molecule has 3 rings (SSSR count). The van der Waals surface area contributed by atoms with E-state index in [4.69, 9.17) is 5.73 Å². The van der Waals surface area contributed by atoms with Crippen molar-refractivity contribution in [2.24, 2.45) is 5.73 Å². The molecule has 3 N–H and O–H groups in total. The van der Waals surface area contributed by atoms with Gasteiger partial charge in [0.05, 0.1) is 5.69 Å². The molecular weight excluding hydrogens is 332 g/mol. The maximum Gasteiger partial charge on any atom is 0.267 e. The molecule has 7 heteroatoms. The third-order valence-corrected chi connectivity index (χ3v) is 3.65. The number of rotatable bonds is 5. The van der Waals surface area contributed by atoms with Crippen LogP contribution in [0, 0.1) is 0 Å². The highest BCUT2D eigenvalue weighted by molar-refractivity contribution is 6.04. The number of nitrogens with two attached hydrogens (primary N) is 1. The smallest absolute Gasteiger partial charge is 0.267 e. The van der Waals surface area contributed by atoms with Gasteiger partial charge in [-0.1, -0.05) is 30.3 Å². The van der Waals surface area contributed by atoms with Gasteiger partial charge in [0.2, 0.25) is 5.91 Å². The Bertz CT molecular complexity index is 995. The summed E-state index contributed by atoms with van der Waals surface area (Å²) in [5.74, 6) is -0.845. The van der Waals surface area contributed by atoms with Crippen LogP contribution in [0.5, 0.6) is 0 Å².